The molecule has 0 saturated carbocycles. The molecule has 6 rings (SSSR count). The van der Waals surface area contributed by atoms with E-state index in [4.69, 9.17) is 9.47 Å². The third-order valence-electron chi connectivity index (χ3n) is 6.77. The molecule has 0 amide bonds. The van der Waals surface area contributed by atoms with Crippen LogP contribution in [0.15, 0.2) is 54.7 Å². The maximum atomic E-state index is 13.6. The molecule has 4 heterocycles. The molecule has 6 heteroatoms. The predicted molar refractivity (Wildman–Crippen MR) is 100 cm³/mol. The molecule has 0 radical (unpaired) electrons. The standard InChI is InChI=1S/C23H18FNO4/c24-14-7-5-13(6-8-14)21(26)20-17-16-11-28-23(29-16)22(27)18(17)19-15-4-2-1-3-12(15)9-10-25(19)20/h1-10,16-20,23H,11H2/p+1/t16-,17-,18+,19-,20-,23-/m0/s1. The van der Waals surface area contributed by atoms with E-state index in [9.17, 15) is 14.0 Å². The van der Waals surface area contributed by atoms with Crippen LogP contribution in [0.3, 0.4) is 0 Å². The van der Waals surface area contributed by atoms with Crippen molar-refractivity contribution in [3.05, 3.63) is 77.2 Å². The number of hydrogen-bond acceptors (Lipinski definition) is 4. The number of rotatable bonds is 2. The Balaban J connectivity index is 1.50. The molecule has 1 N–H and O–H groups in total. The summed E-state index contributed by atoms with van der Waals surface area (Å²) in [5, 5.41) is 0. The van der Waals surface area contributed by atoms with Gasteiger partial charge in [-0.3, -0.25) is 14.5 Å². The largest absolute Gasteiger partial charge is 0.343 e. The van der Waals surface area contributed by atoms with Crippen LogP contribution in [-0.4, -0.2) is 36.6 Å². The minimum absolute atomic E-state index is 0.0780. The second kappa shape index (κ2) is 6.16. The quantitative estimate of drug-likeness (QED) is 0.789. The third kappa shape index (κ3) is 2.37. The molecule has 4 aliphatic heterocycles. The van der Waals surface area contributed by atoms with E-state index >= 15 is 0 Å². The van der Waals surface area contributed by atoms with Crippen molar-refractivity contribution in [1.29, 1.82) is 0 Å². The van der Waals surface area contributed by atoms with Crippen LogP contribution >= 0.6 is 0 Å². The van der Waals surface area contributed by atoms with Gasteiger partial charge in [0.15, 0.2) is 11.8 Å². The van der Waals surface area contributed by atoms with Gasteiger partial charge in [0.2, 0.25) is 12.1 Å². The molecule has 2 aromatic rings. The Morgan fingerprint density at radius 2 is 1.90 bits per heavy atom. The van der Waals surface area contributed by atoms with Crippen molar-refractivity contribution in [2.24, 2.45) is 11.8 Å². The summed E-state index contributed by atoms with van der Waals surface area (Å²) in [6.07, 6.45) is 2.89. The minimum Gasteiger partial charge on any atom is -0.343 e. The van der Waals surface area contributed by atoms with Crippen LogP contribution in [0.25, 0.3) is 6.08 Å². The fraction of sp³-hybridized carbons (Fsp3) is 0.304. The van der Waals surface area contributed by atoms with Crippen molar-refractivity contribution in [3.63, 3.8) is 0 Å². The molecule has 4 aliphatic rings. The van der Waals surface area contributed by atoms with Crippen molar-refractivity contribution in [3.8, 4) is 0 Å². The highest BCUT2D eigenvalue weighted by Crippen LogP contribution is 2.46. The van der Waals surface area contributed by atoms with Crippen molar-refractivity contribution in [2.75, 3.05) is 6.61 Å². The van der Waals surface area contributed by atoms with Gasteiger partial charge in [-0.25, -0.2) is 4.39 Å². The van der Waals surface area contributed by atoms with Crippen LogP contribution in [0.1, 0.15) is 27.5 Å². The molecule has 0 aromatic heterocycles. The summed E-state index contributed by atoms with van der Waals surface area (Å²) in [6, 6.07) is 13.0. The lowest BCUT2D eigenvalue weighted by molar-refractivity contribution is -0.884. The zero-order valence-corrected chi connectivity index (χ0v) is 15.5. The van der Waals surface area contributed by atoms with Gasteiger partial charge in [-0.1, -0.05) is 24.3 Å². The third-order valence-corrected chi connectivity index (χ3v) is 6.77. The van der Waals surface area contributed by atoms with Crippen molar-refractivity contribution >= 4 is 17.6 Å². The van der Waals surface area contributed by atoms with Gasteiger partial charge in [-0.2, -0.15) is 0 Å². The Morgan fingerprint density at radius 3 is 2.72 bits per heavy atom. The van der Waals surface area contributed by atoms with Crippen LogP contribution < -0.4 is 4.90 Å². The average molecular weight is 392 g/mol. The number of ketones is 2. The maximum absolute atomic E-state index is 13.6. The van der Waals surface area contributed by atoms with E-state index in [1.54, 1.807) is 0 Å². The van der Waals surface area contributed by atoms with E-state index in [1.807, 2.05) is 36.5 Å². The smallest absolute Gasteiger partial charge is 0.220 e. The van der Waals surface area contributed by atoms with Gasteiger partial charge in [-0.15, -0.1) is 0 Å². The Morgan fingerprint density at radius 1 is 1.10 bits per heavy atom. The van der Waals surface area contributed by atoms with Gasteiger partial charge >= 0.3 is 0 Å². The van der Waals surface area contributed by atoms with Gasteiger partial charge in [0.1, 0.15) is 11.9 Å². The van der Waals surface area contributed by atoms with Crippen molar-refractivity contribution in [1.82, 2.24) is 0 Å². The molecule has 1 unspecified atom stereocenters. The van der Waals surface area contributed by atoms with E-state index in [1.165, 1.54) is 24.3 Å². The summed E-state index contributed by atoms with van der Waals surface area (Å²) in [6.45, 7) is 0.316. The summed E-state index contributed by atoms with van der Waals surface area (Å²) < 4.78 is 24.8. The SMILES string of the molecule is O=C1[C@H]2OC[C@H](O2)[C@H]2[C@@H]1[C@@H]1c3ccccc3C=C[NH+]1[C@@H]2C(=O)c1ccc(F)cc1. The van der Waals surface area contributed by atoms with Gasteiger partial charge in [-0.05, 0) is 35.9 Å². The van der Waals surface area contributed by atoms with E-state index < -0.39 is 12.3 Å². The highest BCUT2D eigenvalue weighted by molar-refractivity contribution is 6.01. The zero-order valence-electron chi connectivity index (χ0n) is 15.5. The highest BCUT2D eigenvalue weighted by atomic mass is 19.1. The van der Waals surface area contributed by atoms with Crippen molar-refractivity contribution < 1.29 is 28.4 Å². The molecule has 5 nitrogen and oxygen atoms in total. The van der Waals surface area contributed by atoms with Crippen LogP contribution in [0.5, 0.6) is 0 Å². The molecule has 3 fully saturated rings. The molecule has 29 heavy (non-hydrogen) atoms. The first-order valence-corrected chi connectivity index (χ1v) is 9.88. The second-order valence-electron chi connectivity index (χ2n) is 8.13. The number of Topliss-reactive ketones (excluding diaryl/α,β-unsaturated/α-hetero) is 2. The zero-order chi connectivity index (χ0) is 19.7. The van der Waals surface area contributed by atoms with Crippen molar-refractivity contribution in [2.45, 2.75) is 24.5 Å². The van der Waals surface area contributed by atoms with Gasteiger partial charge < -0.3 is 9.47 Å². The number of ether oxygens (including phenoxy) is 2. The van der Waals surface area contributed by atoms with Crippen LogP contribution in [0.4, 0.5) is 4.39 Å². The molecule has 3 saturated heterocycles. The summed E-state index contributed by atoms with van der Waals surface area (Å²) in [4.78, 5) is 27.8. The fourth-order valence-corrected chi connectivity index (χ4v) is 5.61. The van der Waals surface area contributed by atoms with Gasteiger partial charge in [0, 0.05) is 11.1 Å². The number of carbonyl (C=O) groups excluding carboxylic acids is 2. The molecule has 0 spiro atoms. The van der Waals surface area contributed by atoms with Crippen LogP contribution in [-0.2, 0) is 14.3 Å². The minimum atomic E-state index is -0.833. The lowest BCUT2D eigenvalue weighted by Crippen LogP contribution is -3.11. The van der Waals surface area contributed by atoms with Crippen LogP contribution in [0, 0.1) is 17.7 Å². The predicted octanol–water partition coefficient (Wildman–Crippen LogP) is 1.56. The van der Waals surface area contributed by atoms with E-state index in [0.29, 0.717) is 12.2 Å². The average Bonchev–Trinajstić information content (AvgIpc) is 3.33. The first-order valence-electron chi connectivity index (χ1n) is 9.88. The Labute approximate surface area is 166 Å². The number of fused-ring (bicyclic) bond motifs is 8. The summed E-state index contributed by atoms with van der Waals surface area (Å²) in [5.74, 6) is -1.19. The molecule has 7 atom stereocenters. The fourth-order valence-electron chi connectivity index (χ4n) is 5.61. The Bertz CT molecular complexity index is 1050. The number of hydrogen-bond donors (Lipinski definition) is 1. The van der Waals surface area contributed by atoms with Gasteiger partial charge in [0.25, 0.3) is 0 Å². The molecule has 2 aromatic carbocycles. The number of halogens is 1. The molecular formula is C23H19FNO4+. The molecule has 2 bridgehead atoms. The molecule has 0 aliphatic carbocycles. The van der Waals surface area contributed by atoms with E-state index in [2.05, 4.69) is 0 Å². The van der Waals surface area contributed by atoms with Gasteiger partial charge in [0.05, 0.1) is 30.7 Å². The first kappa shape index (κ1) is 17.2. The number of carbonyl (C=O) groups is 2. The van der Waals surface area contributed by atoms with E-state index in [0.717, 1.165) is 16.0 Å². The molecular weight excluding hydrogens is 373 g/mol. The summed E-state index contributed by atoms with van der Waals surface area (Å²) >= 11 is 0. The lowest BCUT2D eigenvalue weighted by atomic mass is 9.75. The number of benzene rings is 2. The number of nitrogens with one attached hydrogen (secondary N) is 1. The topological polar surface area (TPSA) is 57.0 Å². The van der Waals surface area contributed by atoms with Crippen LogP contribution in [0.2, 0.25) is 0 Å². The highest BCUT2D eigenvalue weighted by Gasteiger charge is 2.67. The summed E-state index contributed by atoms with van der Waals surface area (Å²) in [7, 11) is 0. The number of quaternary nitrogens is 1. The molecule has 146 valence electrons. The first-order chi connectivity index (χ1) is 14.1. The monoisotopic (exact) mass is 392 g/mol. The normalized spacial score (nSPS) is 36.4. The maximum Gasteiger partial charge on any atom is 0.220 e. The lowest BCUT2D eigenvalue weighted by Gasteiger charge is -2.30. The Kier molecular flexibility index (Phi) is 3.66. The van der Waals surface area contributed by atoms with E-state index in [-0.39, 0.29) is 41.4 Å². The second-order valence-corrected chi connectivity index (χ2v) is 8.13. The summed E-state index contributed by atoms with van der Waals surface area (Å²) in [5.41, 5.74) is 2.59. The Hall–Kier alpha value is -2.67.